The molecule has 0 amide bonds. The number of halogens is 1. The molecule has 2 aromatic heterocycles. The average Bonchev–Trinajstić information content (AvgIpc) is 3.43. The van der Waals surface area contributed by atoms with E-state index in [1.54, 1.807) is 36.7 Å². The van der Waals surface area contributed by atoms with Crippen LogP contribution in [0.15, 0.2) is 55.1 Å². The van der Waals surface area contributed by atoms with E-state index in [4.69, 9.17) is 40.0 Å². The van der Waals surface area contributed by atoms with Crippen LogP contribution in [-0.2, 0) is 4.74 Å². The zero-order chi connectivity index (χ0) is 25.7. The fourth-order valence-corrected chi connectivity index (χ4v) is 4.51. The molecule has 10 nitrogen and oxygen atoms in total. The Hall–Kier alpha value is -4.02. The van der Waals surface area contributed by atoms with E-state index in [-0.39, 0.29) is 12.9 Å². The van der Waals surface area contributed by atoms with Crippen molar-refractivity contribution < 1.29 is 28.4 Å². The van der Waals surface area contributed by atoms with E-state index in [0.717, 1.165) is 18.6 Å². The molecule has 4 aromatic rings. The third kappa shape index (κ3) is 5.32. The molecule has 2 aromatic carbocycles. The van der Waals surface area contributed by atoms with Crippen LogP contribution in [0.3, 0.4) is 0 Å². The van der Waals surface area contributed by atoms with Crippen LogP contribution in [0, 0.1) is 0 Å². The third-order valence-corrected chi connectivity index (χ3v) is 6.45. The molecule has 1 fully saturated rings. The van der Waals surface area contributed by atoms with Crippen molar-refractivity contribution in [3.05, 3.63) is 60.1 Å². The number of nitrogens with zero attached hydrogens (tertiary/aromatic N) is 3. The highest BCUT2D eigenvalue weighted by molar-refractivity contribution is 6.34. The summed E-state index contributed by atoms with van der Waals surface area (Å²) in [5.41, 5.74) is 1.21. The van der Waals surface area contributed by atoms with Gasteiger partial charge in [0, 0.05) is 37.4 Å². The Morgan fingerprint density at radius 3 is 2.61 bits per heavy atom. The number of hydrogen-bond acceptors (Lipinski definition) is 10. The van der Waals surface area contributed by atoms with Gasteiger partial charge in [-0.05, 0) is 24.3 Å². The monoisotopic (exact) mass is 536 g/mol. The Kier molecular flexibility index (Phi) is 7.14. The van der Waals surface area contributed by atoms with E-state index < -0.39 is 0 Å². The summed E-state index contributed by atoms with van der Waals surface area (Å²) in [5.74, 6) is 3.61. The Morgan fingerprint density at radius 1 is 0.947 bits per heavy atom. The SMILES string of the molecule is Clc1ccc2c(c1Nc1ncnc3cc(OCCOc4ccncc4)cc(OC4CCOCC4)c13)OCO2. The highest BCUT2D eigenvalue weighted by Gasteiger charge is 2.24. The van der Waals surface area contributed by atoms with Crippen molar-refractivity contribution in [2.75, 3.05) is 38.5 Å². The van der Waals surface area contributed by atoms with Crippen molar-refractivity contribution in [1.29, 1.82) is 0 Å². The predicted octanol–water partition coefficient (Wildman–Crippen LogP) is 5.17. The molecule has 0 atom stereocenters. The highest BCUT2D eigenvalue weighted by Crippen LogP contribution is 2.46. The van der Waals surface area contributed by atoms with Crippen LogP contribution >= 0.6 is 11.6 Å². The van der Waals surface area contributed by atoms with Crippen LogP contribution < -0.4 is 29.0 Å². The van der Waals surface area contributed by atoms with Crippen LogP contribution in [0.5, 0.6) is 28.7 Å². The number of aromatic nitrogens is 3. The van der Waals surface area contributed by atoms with E-state index in [1.165, 1.54) is 6.33 Å². The molecule has 0 saturated carbocycles. The van der Waals surface area contributed by atoms with Crippen molar-refractivity contribution in [3.8, 4) is 28.7 Å². The number of rotatable bonds is 9. The van der Waals surface area contributed by atoms with Crippen LogP contribution in [0.25, 0.3) is 10.9 Å². The van der Waals surface area contributed by atoms with Crippen molar-refractivity contribution in [2.24, 2.45) is 0 Å². The number of benzene rings is 2. The van der Waals surface area contributed by atoms with Gasteiger partial charge < -0.3 is 33.7 Å². The van der Waals surface area contributed by atoms with Gasteiger partial charge in [0.15, 0.2) is 11.5 Å². The maximum Gasteiger partial charge on any atom is 0.231 e. The van der Waals surface area contributed by atoms with Gasteiger partial charge in [-0.2, -0.15) is 0 Å². The summed E-state index contributed by atoms with van der Waals surface area (Å²) in [4.78, 5) is 13.0. The summed E-state index contributed by atoms with van der Waals surface area (Å²) in [7, 11) is 0. The van der Waals surface area contributed by atoms with Crippen molar-refractivity contribution in [2.45, 2.75) is 18.9 Å². The summed E-state index contributed by atoms with van der Waals surface area (Å²) in [6, 6.07) is 10.8. The maximum absolute atomic E-state index is 6.52. The lowest BCUT2D eigenvalue weighted by atomic mass is 10.1. The smallest absolute Gasteiger partial charge is 0.231 e. The first-order valence-corrected chi connectivity index (χ1v) is 12.7. The fourth-order valence-electron chi connectivity index (χ4n) is 4.31. The molecule has 196 valence electrons. The molecule has 38 heavy (non-hydrogen) atoms. The van der Waals surface area contributed by atoms with E-state index in [0.29, 0.717) is 76.9 Å². The molecule has 0 aliphatic carbocycles. The molecular weight excluding hydrogens is 512 g/mol. The van der Waals surface area contributed by atoms with Crippen LogP contribution in [0.4, 0.5) is 11.5 Å². The lowest BCUT2D eigenvalue weighted by molar-refractivity contribution is 0.0261. The van der Waals surface area contributed by atoms with Gasteiger partial charge in [-0.15, -0.1) is 0 Å². The normalized spacial score (nSPS) is 14.9. The Morgan fingerprint density at radius 2 is 1.76 bits per heavy atom. The van der Waals surface area contributed by atoms with Gasteiger partial charge in [0.1, 0.15) is 54.4 Å². The Balaban J connectivity index is 1.30. The number of ether oxygens (including phenoxy) is 6. The van der Waals surface area contributed by atoms with Gasteiger partial charge in [0.2, 0.25) is 6.79 Å². The Bertz CT molecular complexity index is 1420. The van der Waals surface area contributed by atoms with Crippen molar-refractivity contribution in [3.63, 3.8) is 0 Å². The van der Waals surface area contributed by atoms with Gasteiger partial charge in [-0.3, -0.25) is 4.98 Å². The minimum absolute atomic E-state index is 0.00780. The van der Waals surface area contributed by atoms with Crippen LogP contribution in [0.2, 0.25) is 5.02 Å². The number of nitrogens with one attached hydrogen (secondary N) is 1. The minimum atomic E-state index is -0.00780. The number of hydrogen-bond donors (Lipinski definition) is 1. The van der Waals surface area contributed by atoms with Gasteiger partial charge in [-0.25, -0.2) is 9.97 Å². The first-order chi connectivity index (χ1) is 18.7. The maximum atomic E-state index is 6.52. The molecule has 1 N–H and O–H groups in total. The predicted molar refractivity (Wildman–Crippen MR) is 140 cm³/mol. The van der Waals surface area contributed by atoms with Gasteiger partial charge in [0.05, 0.1) is 29.1 Å². The highest BCUT2D eigenvalue weighted by atomic mass is 35.5. The second kappa shape index (κ2) is 11.2. The second-order valence-electron chi connectivity index (χ2n) is 8.63. The zero-order valence-corrected chi connectivity index (χ0v) is 21.1. The molecule has 0 unspecified atom stereocenters. The zero-order valence-electron chi connectivity index (χ0n) is 20.4. The molecule has 4 heterocycles. The second-order valence-corrected chi connectivity index (χ2v) is 9.04. The summed E-state index contributed by atoms with van der Waals surface area (Å²) < 4.78 is 34.9. The van der Waals surface area contributed by atoms with E-state index >= 15 is 0 Å². The standard InChI is InChI=1S/C27H25ClN4O6/c28-20-1-2-22-26(37-16-36-22)25(20)32-27-24-21(30-15-31-27)13-19(14-23(24)38-18-5-9-33-10-6-18)35-12-11-34-17-3-7-29-8-4-17/h1-4,7-8,13-15,18H,5-6,9-12,16H2,(H,30,31,32). The molecule has 1 saturated heterocycles. The summed E-state index contributed by atoms with van der Waals surface area (Å²) in [6.07, 6.45) is 6.40. The number of anilines is 2. The first kappa shape index (κ1) is 24.3. The molecule has 0 spiro atoms. The van der Waals surface area contributed by atoms with E-state index in [1.807, 2.05) is 12.1 Å². The van der Waals surface area contributed by atoms with Crippen LogP contribution in [0.1, 0.15) is 12.8 Å². The minimum Gasteiger partial charge on any atom is -0.490 e. The van der Waals surface area contributed by atoms with Crippen molar-refractivity contribution >= 4 is 34.0 Å². The number of fused-ring (bicyclic) bond motifs is 2. The molecule has 0 bridgehead atoms. The summed E-state index contributed by atoms with van der Waals surface area (Å²) in [6.45, 7) is 2.13. The fraction of sp³-hybridized carbons (Fsp3) is 0.296. The molecule has 0 radical (unpaired) electrons. The molecular formula is C27H25ClN4O6. The van der Waals surface area contributed by atoms with E-state index in [2.05, 4.69) is 20.3 Å². The van der Waals surface area contributed by atoms with Gasteiger partial charge in [-0.1, -0.05) is 11.6 Å². The Labute approximate surface area is 223 Å². The van der Waals surface area contributed by atoms with Crippen LogP contribution in [-0.4, -0.2) is 54.3 Å². The summed E-state index contributed by atoms with van der Waals surface area (Å²) in [5, 5.41) is 4.50. The lowest BCUT2D eigenvalue weighted by Gasteiger charge is -2.25. The molecule has 11 heteroatoms. The summed E-state index contributed by atoms with van der Waals surface area (Å²) >= 11 is 6.52. The molecule has 2 aliphatic heterocycles. The molecule has 2 aliphatic rings. The number of pyridine rings is 1. The average molecular weight is 537 g/mol. The lowest BCUT2D eigenvalue weighted by Crippen LogP contribution is -2.26. The third-order valence-electron chi connectivity index (χ3n) is 6.14. The topological polar surface area (TPSA) is 106 Å². The van der Waals surface area contributed by atoms with Gasteiger partial charge >= 0.3 is 0 Å². The quantitative estimate of drug-likeness (QED) is 0.288. The largest absolute Gasteiger partial charge is 0.490 e. The molecule has 6 rings (SSSR count). The first-order valence-electron chi connectivity index (χ1n) is 12.3. The van der Waals surface area contributed by atoms with Crippen molar-refractivity contribution in [1.82, 2.24) is 15.0 Å². The van der Waals surface area contributed by atoms with E-state index in [9.17, 15) is 0 Å². The van der Waals surface area contributed by atoms with Gasteiger partial charge in [0.25, 0.3) is 0 Å².